The molecule has 0 radical (unpaired) electrons. The van der Waals surface area contributed by atoms with Crippen LogP contribution in [0.4, 0.5) is 11.5 Å². The van der Waals surface area contributed by atoms with Crippen molar-refractivity contribution in [3.63, 3.8) is 0 Å². The van der Waals surface area contributed by atoms with Gasteiger partial charge in [-0.15, -0.1) is 0 Å². The zero-order valence-electron chi connectivity index (χ0n) is 12.4. The second-order valence-corrected chi connectivity index (χ2v) is 5.08. The zero-order chi connectivity index (χ0) is 15.5. The fourth-order valence-electron chi connectivity index (χ4n) is 2.66. The van der Waals surface area contributed by atoms with Crippen molar-refractivity contribution in [3.05, 3.63) is 45.6 Å². The van der Waals surface area contributed by atoms with Crippen LogP contribution in [-0.4, -0.2) is 34.5 Å². The Morgan fingerprint density at radius 1 is 1.41 bits per heavy atom. The van der Waals surface area contributed by atoms with Crippen molar-refractivity contribution >= 4 is 11.5 Å². The van der Waals surface area contributed by atoms with E-state index in [0.29, 0.717) is 13.2 Å². The molecule has 0 spiro atoms. The van der Waals surface area contributed by atoms with Gasteiger partial charge in [-0.05, 0) is 25.5 Å². The standard InChI is InChI=1S/C15H18N4O3/c1-2-22-10-8-14-13-7-9-16-15(13)18(17-14)11-3-5-12(6-4-11)19(20)21/h3-6,16H,2,7-10H2,1H3. The number of aromatic nitrogens is 2. The lowest BCUT2D eigenvalue weighted by Gasteiger charge is -2.06. The normalized spacial score (nSPS) is 13.0. The lowest BCUT2D eigenvalue weighted by molar-refractivity contribution is -0.384. The van der Waals surface area contributed by atoms with Crippen molar-refractivity contribution in [1.29, 1.82) is 0 Å². The Hall–Kier alpha value is -2.41. The van der Waals surface area contributed by atoms with E-state index in [9.17, 15) is 10.1 Å². The molecule has 0 amide bonds. The number of nitro benzene ring substituents is 1. The minimum atomic E-state index is -0.400. The monoisotopic (exact) mass is 302 g/mol. The van der Waals surface area contributed by atoms with Gasteiger partial charge in [0.25, 0.3) is 5.69 Å². The summed E-state index contributed by atoms with van der Waals surface area (Å²) in [5.41, 5.74) is 3.15. The van der Waals surface area contributed by atoms with Gasteiger partial charge in [-0.3, -0.25) is 10.1 Å². The minimum Gasteiger partial charge on any atom is -0.381 e. The van der Waals surface area contributed by atoms with E-state index >= 15 is 0 Å². The molecule has 0 saturated carbocycles. The highest BCUT2D eigenvalue weighted by Gasteiger charge is 2.22. The van der Waals surface area contributed by atoms with Crippen LogP contribution in [0.3, 0.4) is 0 Å². The number of hydrogen-bond donors (Lipinski definition) is 1. The molecule has 1 N–H and O–H groups in total. The van der Waals surface area contributed by atoms with Crippen LogP contribution in [-0.2, 0) is 17.6 Å². The smallest absolute Gasteiger partial charge is 0.269 e. The predicted octanol–water partition coefficient (Wildman–Crippen LogP) is 2.33. The van der Waals surface area contributed by atoms with Gasteiger partial charge in [-0.25, -0.2) is 4.68 Å². The van der Waals surface area contributed by atoms with E-state index in [0.717, 1.165) is 36.6 Å². The van der Waals surface area contributed by atoms with Gasteiger partial charge in [0.05, 0.1) is 22.9 Å². The van der Waals surface area contributed by atoms with Crippen molar-refractivity contribution in [1.82, 2.24) is 9.78 Å². The van der Waals surface area contributed by atoms with Crippen molar-refractivity contribution in [3.8, 4) is 5.69 Å². The Balaban J connectivity index is 1.90. The quantitative estimate of drug-likeness (QED) is 0.503. The van der Waals surface area contributed by atoms with Gasteiger partial charge in [0.15, 0.2) is 0 Å². The molecule has 116 valence electrons. The van der Waals surface area contributed by atoms with Gasteiger partial charge in [-0.1, -0.05) is 0 Å². The lowest BCUT2D eigenvalue weighted by Crippen LogP contribution is -2.06. The van der Waals surface area contributed by atoms with Gasteiger partial charge in [-0.2, -0.15) is 5.10 Å². The van der Waals surface area contributed by atoms with Crippen LogP contribution in [0.15, 0.2) is 24.3 Å². The molecule has 1 aromatic heterocycles. The number of fused-ring (bicyclic) bond motifs is 1. The average molecular weight is 302 g/mol. The first kappa shape index (κ1) is 14.5. The number of hydrogen-bond acceptors (Lipinski definition) is 5. The fraction of sp³-hybridized carbons (Fsp3) is 0.400. The number of anilines is 1. The van der Waals surface area contributed by atoms with E-state index in [1.807, 2.05) is 11.6 Å². The molecule has 7 heteroatoms. The molecular weight excluding hydrogens is 284 g/mol. The number of rotatable bonds is 6. The van der Waals surface area contributed by atoms with Gasteiger partial charge in [0.1, 0.15) is 5.82 Å². The zero-order valence-corrected chi connectivity index (χ0v) is 12.4. The number of nitrogens with zero attached hydrogens (tertiary/aromatic N) is 3. The van der Waals surface area contributed by atoms with Crippen molar-refractivity contribution in [2.24, 2.45) is 0 Å². The van der Waals surface area contributed by atoms with Gasteiger partial charge in [0, 0.05) is 37.3 Å². The van der Waals surface area contributed by atoms with Crippen molar-refractivity contribution in [2.45, 2.75) is 19.8 Å². The van der Waals surface area contributed by atoms with E-state index in [1.54, 1.807) is 12.1 Å². The molecule has 3 rings (SSSR count). The molecule has 1 aliphatic heterocycles. The van der Waals surface area contributed by atoms with Crippen molar-refractivity contribution in [2.75, 3.05) is 25.1 Å². The predicted molar refractivity (Wildman–Crippen MR) is 82.6 cm³/mol. The van der Waals surface area contributed by atoms with E-state index in [-0.39, 0.29) is 5.69 Å². The average Bonchev–Trinajstić information content (AvgIpc) is 3.11. The summed E-state index contributed by atoms with van der Waals surface area (Å²) in [7, 11) is 0. The van der Waals surface area contributed by atoms with Crippen LogP contribution in [0.1, 0.15) is 18.2 Å². The molecular formula is C15H18N4O3. The number of nitrogens with one attached hydrogen (secondary N) is 1. The highest BCUT2D eigenvalue weighted by Crippen LogP contribution is 2.29. The largest absolute Gasteiger partial charge is 0.381 e. The third kappa shape index (κ3) is 2.67. The maximum Gasteiger partial charge on any atom is 0.269 e. The van der Waals surface area contributed by atoms with Gasteiger partial charge < -0.3 is 10.1 Å². The molecule has 0 unspecified atom stereocenters. The van der Waals surface area contributed by atoms with Gasteiger partial charge in [0.2, 0.25) is 0 Å². The first-order chi connectivity index (χ1) is 10.7. The number of ether oxygens (including phenoxy) is 1. The topological polar surface area (TPSA) is 82.2 Å². The maximum atomic E-state index is 10.7. The summed E-state index contributed by atoms with van der Waals surface area (Å²) in [4.78, 5) is 10.3. The Bertz CT molecular complexity index is 679. The number of nitro groups is 1. The minimum absolute atomic E-state index is 0.0806. The molecule has 2 heterocycles. The lowest BCUT2D eigenvalue weighted by atomic mass is 10.1. The van der Waals surface area contributed by atoms with Crippen LogP contribution >= 0.6 is 0 Å². The van der Waals surface area contributed by atoms with Crippen LogP contribution in [0.2, 0.25) is 0 Å². The summed E-state index contributed by atoms with van der Waals surface area (Å²) in [5, 5.41) is 18.7. The van der Waals surface area contributed by atoms with Crippen molar-refractivity contribution < 1.29 is 9.66 Å². The Morgan fingerprint density at radius 2 is 2.18 bits per heavy atom. The molecule has 1 aliphatic rings. The number of benzene rings is 1. The second kappa shape index (κ2) is 6.15. The van der Waals surface area contributed by atoms with E-state index in [1.165, 1.54) is 17.7 Å². The molecule has 22 heavy (non-hydrogen) atoms. The van der Waals surface area contributed by atoms with Crippen LogP contribution in [0.5, 0.6) is 0 Å². The summed E-state index contributed by atoms with van der Waals surface area (Å²) in [6.07, 6.45) is 1.72. The summed E-state index contributed by atoms with van der Waals surface area (Å²) < 4.78 is 7.24. The van der Waals surface area contributed by atoms with E-state index in [4.69, 9.17) is 4.74 Å². The molecule has 0 fully saturated rings. The first-order valence-electron chi connectivity index (χ1n) is 7.38. The first-order valence-corrected chi connectivity index (χ1v) is 7.38. The third-order valence-corrected chi connectivity index (χ3v) is 3.73. The van der Waals surface area contributed by atoms with E-state index < -0.39 is 4.92 Å². The Labute approximate surface area is 128 Å². The summed E-state index contributed by atoms with van der Waals surface area (Å²) in [5.74, 6) is 0.986. The SMILES string of the molecule is CCOCCc1nn(-c2ccc([N+](=O)[O-])cc2)c2c1CCN2. The molecule has 1 aromatic carbocycles. The van der Waals surface area contributed by atoms with Crippen LogP contribution in [0, 0.1) is 10.1 Å². The molecule has 0 atom stereocenters. The molecule has 2 aromatic rings. The highest BCUT2D eigenvalue weighted by molar-refractivity contribution is 5.57. The third-order valence-electron chi connectivity index (χ3n) is 3.73. The van der Waals surface area contributed by atoms with Crippen LogP contribution in [0.25, 0.3) is 5.69 Å². The maximum absolute atomic E-state index is 10.7. The molecule has 7 nitrogen and oxygen atoms in total. The molecule has 0 bridgehead atoms. The molecule has 0 aliphatic carbocycles. The fourth-order valence-corrected chi connectivity index (χ4v) is 2.66. The number of non-ortho nitro benzene ring substituents is 1. The van der Waals surface area contributed by atoms with E-state index in [2.05, 4.69) is 10.4 Å². The molecule has 0 saturated heterocycles. The second-order valence-electron chi connectivity index (χ2n) is 5.08. The summed E-state index contributed by atoms with van der Waals surface area (Å²) in [6, 6.07) is 6.44. The Kier molecular flexibility index (Phi) is 4.06. The summed E-state index contributed by atoms with van der Waals surface area (Å²) in [6.45, 7) is 4.22. The summed E-state index contributed by atoms with van der Waals surface area (Å²) >= 11 is 0. The van der Waals surface area contributed by atoms with Crippen LogP contribution < -0.4 is 5.32 Å². The van der Waals surface area contributed by atoms with Gasteiger partial charge >= 0.3 is 0 Å². The Morgan fingerprint density at radius 3 is 2.86 bits per heavy atom. The highest BCUT2D eigenvalue weighted by atomic mass is 16.6.